The summed E-state index contributed by atoms with van der Waals surface area (Å²) in [6.07, 6.45) is 1.60. The van der Waals surface area contributed by atoms with Crippen molar-refractivity contribution in [3.8, 4) is 0 Å². The van der Waals surface area contributed by atoms with Crippen molar-refractivity contribution in [3.63, 3.8) is 0 Å². The second-order valence-corrected chi connectivity index (χ2v) is 4.29. The Kier molecular flexibility index (Phi) is 3.24. The van der Waals surface area contributed by atoms with E-state index in [0.717, 1.165) is 9.25 Å². The Bertz CT molecular complexity index is 712. The molecule has 1 unspecified atom stereocenters. The van der Waals surface area contributed by atoms with Crippen LogP contribution in [0.25, 0.3) is 0 Å². The van der Waals surface area contributed by atoms with Crippen LogP contribution in [0.4, 0.5) is 5.82 Å². The predicted molar refractivity (Wildman–Crippen MR) is 68.0 cm³/mol. The average molecular weight is 265 g/mol. The summed E-state index contributed by atoms with van der Waals surface area (Å²) in [6, 6.07) is -0.327. The zero-order valence-electron chi connectivity index (χ0n) is 11.2. The van der Waals surface area contributed by atoms with E-state index in [-0.39, 0.29) is 11.9 Å². The van der Waals surface area contributed by atoms with Crippen molar-refractivity contribution in [3.05, 3.63) is 38.7 Å². The van der Waals surface area contributed by atoms with Gasteiger partial charge in [-0.1, -0.05) is 0 Å². The van der Waals surface area contributed by atoms with Gasteiger partial charge in [-0.25, -0.2) is 14.5 Å². The number of oxazole rings is 1. The van der Waals surface area contributed by atoms with Crippen molar-refractivity contribution in [1.29, 1.82) is 0 Å². The first kappa shape index (κ1) is 13.1. The van der Waals surface area contributed by atoms with Gasteiger partial charge < -0.3 is 9.73 Å². The number of aryl methyl sites for hydroxylation is 2. The Morgan fingerprint density at radius 3 is 2.63 bits per heavy atom. The van der Waals surface area contributed by atoms with E-state index in [2.05, 4.69) is 15.4 Å². The molecule has 0 aliphatic heterocycles. The monoisotopic (exact) mass is 265 g/mol. The summed E-state index contributed by atoms with van der Waals surface area (Å²) in [7, 11) is 2.88. The molecular formula is C11H15N5O3. The molecule has 0 saturated heterocycles. The molecule has 2 aromatic rings. The Labute approximate surface area is 108 Å². The lowest BCUT2D eigenvalue weighted by atomic mass is 10.3. The summed E-state index contributed by atoms with van der Waals surface area (Å²) in [6.45, 7) is 3.57. The Hall–Kier alpha value is -2.38. The third kappa shape index (κ3) is 2.42. The third-order valence-electron chi connectivity index (χ3n) is 2.68. The molecule has 1 atom stereocenters. The molecule has 19 heavy (non-hydrogen) atoms. The van der Waals surface area contributed by atoms with Crippen molar-refractivity contribution in [2.24, 2.45) is 14.1 Å². The third-order valence-corrected chi connectivity index (χ3v) is 2.68. The molecule has 0 bridgehead atoms. The Morgan fingerprint density at radius 2 is 2.05 bits per heavy atom. The highest BCUT2D eigenvalue weighted by Crippen LogP contribution is 2.15. The summed E-state index contributed by atoms with van der Waals surface area (Å²) in [5.41, 5.74) is -0.964. The van der Waals surface area contributed by atoms with Crippen molar-refractivity contribution in [1.82, 2.24) is 19.3 Å². The molecule has 0 aliphatic carbocycles. The molecule has 0 spiro atoms. The lowest BCUT2D eigenvalue weighted by molar-refractivity contribution is 0.452. The van der Waals surface area contributed by atoms with Gasteiger partial charge >= 0.3 is 5.69 Å². The van der Waals surface area contributed by atoms with Gasteiger partial charge in [0.2, 0.25) is 11.7 Å². The van der Waals surface area contributed by atoms with Crippen molar-refractivity contribution in [2.75, 3.05) is 5.32 Å². The lowest BCUT2D eigenvalue weighted by Gasteiger charge is -2.11. The fourth-order valence-corrected chi connectivity index (χ4v) is 1.63. The minimum absolute atomic E-state index is 0.0768. The van der Waals surface area contributed by atoms with Gasteiger partial charge in [0.1, 0.15) is 11.8 Å². The second-order valence-electron chi connectivity index (χ2n) is 4.29. The number of hydrogen-bond donors (Lipinski definition) is 1. The van der Waals surface area contributed by atoms with Crippen LogP contribution in [0.2, 0.25) is 0 Å². The first-order chi connectivity index (χ1) is 8.90. The molecule has 1 N–H and O–H groups in total. The smallest absolute Gasteiger partial charge is 0.346 e. The standard InChI is InChI=1S/C11H15N5O3/c1-6-5-12-9(19-6)7(2)13-8-10(17)15(3)11(18)16(4)14-8/h5,7H,1-4H3,(H,13,14). The van der Waals surface area contributed by atoms with E-state index in [0.29, 0.717) is 11.7 Å². The zero-order valence-corrected chi connectivity index (χ0v) is 11.2. The zero-order chi connectivity index (χ0) is 14.2. The van der Waals surface area contributed by atoms with Crippen LogP contribution in [-0.2, 0) is 14.1 Å². The number of nitrogens with zero attached hydrogens (tertiary/aromatic N) is 4. The first-order valence-electron chi connectivity index (χ1n) is 5.73. The maximum Gasteiger partial charge on any atom is 0.346 e. The topological polar surface area (TPSA) is 95.0 Å². The number of aromatic nitrogens is 4. The predicted octanol–water partition coefficient (Wildman–Crippen LogP) is -0.0515. The molecule has 102 valence electrons. The van der Waals surface area contributed by atoms with Crippen molar-refractivity contribution >= 4 is 5.82 Å². The fourth-order valence-electron chi connectivity index (χ4n) is 1.63. The largest absolute Gasteiger partial charge is 0.444 e. The molecule has 0 aromatic carbocycles. The number of hydrogen-bond acceptors (Lipinski definition) is 6. The van der Waals surface area contributed by atoms with Crippen LogP contribution in [0.15, 0.2) is 20.2 Å². The molecule has 8 nitrogen and oxygen atoms in total. The highest BCUT2D eigenvalue weighted by molar-refractivity contribution is 5.31. The summed E-state index contributed by atoms with van der Waals surface area (Å²) in [5.74, 6) is 1.22. The van der Waals surface area contributed by atoms with Gasteiger partial charge in [-0.3, -0.25) is 9.36 Å². The van der Waals surface area contributed by atoms with E-state index >= 15 is 0 Å². The minimum Gasteiger partial charge on any atom is -0.444 e. The van der Waals surface area contributed by atoms with E-state index in [9.17, 15) is 9.59 Å². The van der Waals surface area contributed by atoms with Crippen LogP contribution >= 0.6 is 0 Å². The van der Waals surface area contributed by atoms with Gasteiger partial charge in [0.05, 0.1) is 6.20 Å². The molecule has 8 heteroatoms. The van der Waals surface area contributed by atoms with Gasteiger partial charge in [0.15, 0.2) is 0 Å². The molecule has 0 saturated carbocycles. The Balaban J connectivity index is 2.34. The molecule has 0 radical (unpaired) electrons. The van der Waals surface area contributed by atoms with Crippen molar-refractivity contribution < 1.29 is 4.42 Å². The fraction of sp³-hybridized carbons (Fsp3) is 0.455. The molecular weight excluding hydrogens is 250 g/mol. The second kappa shape index (κ2) is 4.71. The van der Waals surface area contributed by atoms with E-state index in [1.165, 1.54) is 14.1 Å². The van der Waals surface area contributed by atoms with Crippen LogP contribution in [-0.4, -0.2) is 19.3 Å². The molecule has 2 aromatic heterocycles. The van der Waals surface area contributed by atoms with Crippen LogP contribution < -0.4 is 16.6 Å². The van der Waals surface area contributed by atoms with Gasteiger partial charge in [0, 0.05) is 14.1 Å². The van der Waals surface area contributed by atoms with Gasteiger partial charge in [0.25, 0.3) is 5.56 Å². The summed E-state index contributed by atoms with van der Waals surface area (Å²) < 4.78 is 7.45. The maximum absolute atomic E-state index is 11.9. The summed E-state index contributed by atoms with van der Waals surface area (Å²) in [4.78, 5) is 27.5. The highest BCUT2D eigenvalue weighted by Gasteiger charge is 2.15. The van der Waals surface area contributed by atoms with E-state index in [4.69, 9.17) is 4.42 Å². The van der Waals surface area contributed by atoms with E-state index in [1.807, 2.05) is 0 Å². The first-order valence-corrected chi connectivity index (χ1v) is 5.73. The van der Waals surface area contributed by atoms with E-state index < -0.39 is 11.2 Å². The molecule has 0 amide bonds. The lowest BCUT2D eigenvalue weighted by Crippen LogP contribution is -2.40. The van der Waals surface area contributed by atoms with Crippen LogP contribution in [0, 0.1) is 6.92 Å². The van der Waals surface area contributed by atoms with E-state index in [1.54, 1.807) is 20.0 Å². The summed E-state index contributed by atoms with van der Waals surface area (Å²) >= 11 is 0. The normalized spacial score (nSPS) is 12.4. The molecule has 0 fully saturated rings. The summed E-state index contributed by atoms with van der Waals surface area (Å²) in [5, 5.41) is 6.78. The van der Waals surface area contributed by atoms with Crippen LogP contribution in [0.5, 0.6) is 0 Å². The minimum atomic E-state index is -0.488. The number of anilines is 1. The van der Waals surface area contributed by atoms with Gasteiger partial charge in [-0.05, 0) is 13.8 Å². The average Bonchev–Trinajstić information content (AvgIpc) is 2.80. The number of nitrogens with one attached hydrogen (secondary N) is 1. The molecule has 2 heterocycles. The van der Waals surface area contributed by atoms with Gasteiger partial charge in [-0.15, -0.1) is 5.10 Å². The quantitative estimate of drug-likeness (QED) is 0.836. The highest BCUT2D eigenvalue weighted by atomic mass is 16.4. The SMILES string of the molecule is Cc1cnc(C(C)Nc2nn(C)c(=O)n(C)c2=O)o1. The number of rotatable bonds is 3. The molecule has 2 rings (SSSR count). The van der Waals surface area contributed by atoms with Crippen LogP contribution in [0.3, 0.4) is 0 Å². The maximum atomic E-state index is 11.9. The van der Waals surface area contributed by atoms with Gasteiger partial charge in [-0.2, -0.15) is 0 Å². The van der Waals surface area contributed by atoms with Crippen LogP contribution in [0.1, 0.15) is 24.6 Å². The molecule has 0 aliphatic rings. The van der Waals surface area contributed by atoms with Crippen molar-refractivity contribution in [2.45, 2.75) is 19.9 Å². The Morgan fingerprint density at radius 1 is 1.37 bits per heavy atom.